The molecule has 36 heavy (non-hydrogen) atoms. The molecule has 4 aromatic heterocycles. The van der Waals surface area contributed by atoms with Crippen LogP contribution >= 0.6 is 0 Å². The molecule has 1 aliphatic rings. The number of nitrogens with zero attached hydrogens (tertiary/aromatic N) is 8. The minimum absolute atomic E-state index is 0.248. The molecule has 9 nitrogen and oxygen atoms in total. The summed E-state index contributed by atoms with van der Waals surface area (Å²) in [7, 11) is 1.88. The number of amides is 1. The van der Waals surface area contributed by atoms with Gasteiger partial charge in [-0.2, -0.15) is 15.5 Å². The zero-order valence-corrected chi connectivity index (χ0v) is 20.9. The predicted octanol–water partition coefficient (Wildman–Crippen LogP) is 3.75. The molecule has 0 aliphatic carbocycles. The maximum atomic E-state index is 12.5. The van der Waals surface area contributed by atoms with Crippen molar-refractivity contribution in [2.75, 3.05) is 31.1 Å². The maximum Gasteiger partial charge on any atom is 0.222 e. The lowest BCUT2D eigenvalue weighted by Gasteiger charge is -2.35. The van der Waals surface area contributed by atoms with Gasteiger partial charge in [-0.1, -0.05) is 13.8 Å². The molecule has 0 N–H and O–H groups in total. The van der Waals surface area contributed by atoms with Crippen molar-refractivity contribution in [3.8, 4) is 28.3 Å². The van der Waals surface area contributed by atoms with E-state index in [1.54, 1.807) is 15.4 Å². The average Bonchev–Trinajstić information content (AvgIpc) is 3.53. The van der Waals surface area contributed by atoms with Crippen LogP contribution in [-0.4, -0.2) is 61.4 Å². The van der Waals surface area contributed by atoms with Crippen molar-refractivity contribution in [3.63, 3.8) is 0 Å². The first-order chi connectivity index (χ1) is 17.4. The molecule has 0 bridgehead atoms. The molecule has 4 aromatic rings. The monoisotopic (exact) mass is 482 g/mol. The highest BCUT2D eigenvalue weighted by molar-refractivity contribution is 5.87. The van der Waals surface area contributed by atoms with E-state index in [1.807, 2.05) is 48.9 Å². The Kier molecular flexibility index (Phi) is 6.42. The van der Waals surface area contributed by atoms with Crippen molar-refractivity contribution >= 4 is 17.2 Å². The van der Waals surface area contributed by atoms with Crippen LogP contribution in [0.5, 0.6) is 0 Å². The van der Waals surface area contributed by atoms with Crippen LogP contribution in [0.25, 0.3) is 27.8 Å². The van der Waals surface area contributed by atoms with Gasteiger partial charge in [0.05, 0.1) is 23.5 Å². The number of rotatable bonds is 6. The topological polar surface area (TPSA) is 95.4 Å². The van der Waals surface area contributed by atoms with Crippen LogP contribution in [0.3, 0.4) is 0 Å². The first kappa shape index (κ1) is 23.5. The van der Waals surface area contributed by atoms with Crippen LogP contribution in [0.2, 0.25) is 0 Å². The molecular weight excluding hydrogens is 452 g/mol. The molecule has 1 saturated heterocycles. The molecule has 0 spiro atoms. The summed E-state index contributed by atoms with van der Waals surface area (Å²) in [6, 6.07) is 8.37. The van der Waals surface area contributed by atoms with Gasteiger partial charge in [-0.25, -0.2) is 9.50 Å². The third-order valence-electron chi connectivity index (χ3n) is 6.72. The lowest BCUT2D eigenvalue weighted by atomic mass is 10.0. The van der Waals surface area contributed by atoms with Gasteiger partial charge in [-0.15, -0.1) is 0 Å². The Bertz CT molecular complexity index is 1420. The van der Waals surface area contributed by atoms with Crippen molar-refractivity contribution in [2.24, 2.45) is 13.0 Å². The third kappa shape index (κ3) is 4.67. The van der Waals surface area contributed by atoms with Crippen molar-refractivity contribution in [1.29, 1.82) is 5.26 Å². The highest BCUT2D eigenvalue weighted by Crippen LogP contribution is 2.32. The van der Waals surface area contributed by atoms with Crippen molar-refractivity contribution in [1.82, 2.24) is 29.3 Å². The van der Waals surface area contributed by atoms with Crippen LogP contribution in [0.15, 0.2) is 49.2 Å². The number of carbonyl (C=O) groups excluding carboxylic acids is 1. The van der Waals surface area contributed by atoms with E-state index >= 15 is 0 Å². The van der Waals surface area contributed by atoms with E-state index in [2.05, 4.69) is 41.1 Å². The molecule has 9 heteroatoms. The Labute approximate surface area is 210 Å². The minimum atomic E-state index is 0.248. The second-order valence-electron chi connectivity index (χ2n) is 9.71. The van der Waals surface area contributed by atoms with Crippen molar-refractivity contribution < 1.29 is 4.79 Å². The fraction of sp³-hybridized carbons (Fsp3) is 0.370. The quantitative estimate of drug-likeness (QED) is 0.415. The van der Waals surface area contributed by atoms with Gasteiger partial charge in [0.25, 0.3) is 0 Å². The predicted molar refractivity (Wildman–Crippen MR) is 138 cm³/mol. The Morgan fingerprint density at radius 3 is 2.47 bits per heavy atom. The summed E-state index contributed by atoms with van der Waals surface area (Å²) in [6.45, 7) is 7.26. The smallest absolute Gasteiger partial charge is 0.222 e. The molecule has 0 unspecified atom stereocenters. The molecule has 1 aliphatic heterocycles. The lowest BCUT2D eigenvalue weighted by Crippen LogP contribution is -2.49. The van der Waals surface area contributed by atoms with Crippen LogP contribution in [0, 0.1) is 17.2 Å². The van der Waals surface area contributed by atoms with Crippen molar-refractivity contribution in [2.45, 2.75) is 26.7 Å². The molecule has 0 atom stereocenters. The molecule has 5 rings (SSSR count). The number of fused-ring (bicyclic) bond motifs is 1. The molecule has 0 aromatic carbocycles. The molecule has 5 heterocycles. The molecule has 0 saturated carbocycles. The van der Waals surface area contributed by atoms with E-state index in [0.29, 0.717) is 17.9 Å². The van der Waals surface area contributed by atoms with Crippen LogP contribution in [-0.2, 0) is 11.8 Å². The summed E-state index contributed by atoms with van der Waals surface area (Å²) in [5.74, 6) is 1.68. The Balaban J connectivity index is 1.38. The number of anilines is 1. The van der Waals surface area contributed by atoms with E-state index < -0.39 is 0 Å². The maximum absolute atomic E-state index is 12.5. The number of pyridine rings is 2. The van der Waals surface area contributed by atoms with Crippen LogP contribution in [0.4, 0.5) is 5.82 Å². The highest BCUT2D eigenvalue weighted by Gasteiger charge is 2.22. The Morgan fingerprint density at radius 2 is 1.83 bits per heavy atom. The summed E-state index contributed by atoms with van der Waals surface area (Å²) >= 11 is 0. The van der Waals surface area contributed by atoms with Gasteiger partial charge >= 0.3 is 0 Å². The third-order valence-corrected chi connectivity index (χ3v) is 6.72. The Morgan fingerprint density at radius 1 is 1.03 bits per heavy atom. The van der Waals surface area contributed by atoms with E-state index in [9.17, 15) is 10.1 Å². The molecule has 184 valence electrons. The first-order valence-corrected chi connectivity index (χ1v) is 12.3. The van der Waals surface area contributed by atoms with Gasteiger partial charge in [-0.05, 0) is 30.5 Å². The van der Waals surface area contributed by atoms with Gasteiger partial charge in [0, 0.05) is 80.5 Å². The second-order valence-corrected chi connectivity index (χ2v) is 9.71. The largest absolute Gasteiger partial charge is 0.353 e. The molecule has 1 fully saturated rings. The highest BCUT2D eigenvalue weighted by atomic mass is 16.2. The summed E-state index contributed by atoms with van der Waals surface area (Å²) < 4.78 is 3.51. The van der Waals surface area contributed by atoms with Gasteiger partial charge in [0.1, 0.15) is 11.9 Å². The summed E-state index contributed by atoms with van der Waals surface area (Å²) in [5.41, 5.74) is 5.01. The SMILES string of the molecule is CC(C)CCC(=O)N1CCN(c2ccc(-c3cc(-c4cnn(C)c4)cn4ncc(C#N)c34)cn2)CC1. The van der Waals surface area contributed by atoms with E-state index in [1.165, 1.54) is 0 Å². The molecular formula is C27H30N8O. The van der Waals surface area contributed by atoms with E-state index in [-0.39, 0.29) is 5.91 Å². The van der Waals surface area contributed by atoms with Crippen LogP contribution < -0.4 is 4.90 Å². The second kappa shape index (κ2) is 9.82. The normalized spacial score (nSPS) is 14.0. The summed E-state index contributed by atoms with van der Waals surface area (Å²) in [5, 5.41) is 18.4. The number of carbonyl (C=O) groups is 1. The van der Waals surface area contributed by atoms with E-state index in [0.717, 1.165) is 66.2 Å². The fourth-order valence-electron chi connectivity index (χ4n) is 4.64. The average molecular weight is 483 g/mol. The van der Waals surface area contributed by atoms with Gasteiger partial charge < -0.3 is 9.80 Å². The van der Waals surface area contributed by atoms with Crippen LogP contribution in [0.1, 0.15) is 32.3 Å². The minimum Gasteiger partial charge on any atom is -0.353 e. The summed E-state index contributed by atoms with van der Waals surface area (Å²) in [4.78, 5) is 21.4. The lowest BCUT2D eigenvalue weighted by molar-refractivity contribution is -0.131. The van der Waals surface area contributed by atoms with Gasteiger partial charge in [0.15, 0.2) is 0 Å². The zero-order chi connectivity index (χ0) is 25.2. The number of hydrogen-bond donors (Lipinski definition) is 0. The van der Waals surface area contributed by atoms with Gasteiger partial charge in [-0.3, -0.25) is 9.48 Å². The fourth-order valence-corrected chi connectivity index (χ4v) is 4.64. The first-order valence-electron chi connectivity index (χ1n) is 12.3. The Hall–Kier alpha value is -4.19. The van der Waals surface area contributed by atoms with E-state index in [4.69, 9.17) is 4.98 Å². The summed E-state index contributed by atoms with van der Waals surface area (Å²) in [6.07, 6.45) is 10.7. The van der Waals surface area contributed by atoms with Crippen molar-refractivity contribution in [3.05, 3.63) is 54.7 Å². The number of piperazine rings is 1. The molecule has 0 radical (unpaired) electrons. The van der Waals surface area contributed by atoms with Gasteiger partial charge in [0.2, 0.25) is 5.91 Å². The number of aryl methyl sites for hydroxylation is 1. The number of hydrogen-bond acceptors (Lipinski definition) is 6. The zero-order valence-electron chi connectivity index (χ0n) is 20.9. The number of nitriles is 1. The number of aromatic nitrogens is 5. The molecule has 1 amide bonds. The standard InChI is InChI=1S/C27H30N8O/c1-19(2)4-7-26(36)34-10-8-33(9-11-34)25-6-5-20(14-29-25)24-12-21(23-16-30-32(3)17-23)18-35-27(24)22(13-28)15-31-35/h5-6,12,14-19H,4,7-11H2,1-3H3.